The van der Waals surface area contributed by atoms with Crippen LogP contribution in [0.3, 0.4) is 0 Å². The summed E-state index contributed by atoms with van der Waals surface area (Å²) >= 11 is 6.25. The second kappa shape index (κ2) is 4.65. The first-order valence-corrected chi connectivity index (χ1v) is 7.02. The van der Waals surface area contributed by atoms with Gasteiger partial charge in [-0.3, -0.25) is 4.79 Å². The van der Waals surface area contributed by atoms with Crippen LogP contribution in [0, 0.1) is 23.6 Å². The molecule has 0 radical (unpaired) electrons. The lowest BCUT2D eigenvalue weighted by molar-refractivity contribution is -0.124. The summed E-state index contributed by atoms with van der Waals surface area (Å²) < 4.78 is 12.8. The van der Waals surface area contributed by atoms with Crippen LogP contribution in [0.15, 0.2) is 24.3 Å². The summed E-state index contributed by atoms with van der Waals surface area (Å²) in [7, 11) is 0. The van der Waals surface area contributed by atoms with Gasteiger partial charge >= 0.3 is 0 Å². The monoisotopic (exact) mass is 266 g/mol. The van der Waals surface area contributed by atoms with Gasteiger partial charge in [-0.15, -0.1) is 11.6 Å². The summed E-state index contributed by atoms with van der Waals surface area (Å²) in [5.41, 5.74) is 0.714. The first-order chi connectivity index (χ1) is 8.65. The third-order valence-corrected chi connectivity index (χ3v) is 4.98. The summed E-state index contributed by atoms with van der Waals surface area (Å²) in [5, 5.41) is -0.616. The Balaban J connectivity index is 1.74. The number of halogens is 2. The number of benzene rings is 1. The molecule has 0 saturated heterocycles. The Morgan fingerprint density at radius 2 is 1.94 bits per heavy atom. The summed E-state index contributed by atoms with van der Waals surface area (Å²) in [6.45, 7) is 0. The molecule has 1 aromatic rings. The summed E-state index contributed by atoms with van der Waals surface area (Å²) in [6, 6.07) is 5.94. The van der Waals surface area contributed by atoms with Crippen molar-refractivity contribution in [3.8, 4) is 0 Å². The van der Waals surface area contributed by atoms with Crippen molar-refractivity contribution in [3.05, 3.63) is 35.6 Å². The minimum absolute atomic E-state index is 0.135. The number of carbonyl (C=O) groups excluding carboxylic acids is 1. The third kappa shape index (κ3) is 2.07. The Bertz CT molecular complexity index is 456. The van der Waals surface area contributed by atoms with E-state index < -0.39 is 5.38 Å². The quantitative estimate of drug-likeness (QED) is 0.753. The second-order valence-electron chi connectivity index (χ2n) is 5.60. The van der Waals surface area contributed by atoms with E-state index in [1.54, 1.807) is 12.1 Å². The number of rotatable bonds is 3. The topological polar surface area (TPSA) is 17.1 Å². The zero-order valence-electron chi connectivity index (χ0n) is 10.1. The molecule has 2 saturated carbocycles. The van der Waals surface area contributed by atoms with Gasteiger partial charge in [-0.1, -0.05) is 18.6 Å². The Morgan fingerprint density at radius 1 is 1.22 bits per heavy atom. The molecule has 2 aliphatic carbocycles. The number of fused-ring (bicyclic) bond motifs is 2. The zero-order chi connectivity index (χ0) is 12.7. The standard InChI is InChI=1S/C15H16ClFO/c16-14(10-3-5-12(17)6-4-10)15(18)13-8-9-1-2-11(13)7-9/h3-6,9,11,13-14H,1-2,7-8H2. The van der Waals surface area contributed by atoms with Crippen molar-refractivity contribution in [2.24, 2.45) is 17.8 Å². The maximum atomic E-state index is 12.8. The van der Waals surface area contributed by atoms with Crippen LogP contribution in [0.2, 0.25) is 0 Å². The van der Waals surface area contributed by atoms with Crippen LogP contribution in [0.5, 0.6) is 0 Å². The highest BCUT2D eigenvalue weighted by Gasteiger charge is 2.44. The van der Waals surface area contributed by atoms with Gasteiger partial charge in [0.25, 0.3) is 0 Å². The van der Waals surface area contributed by atoms with Gasteiger partial charge in [0.15, 0.2) is 5.78 Å². The predicted octanol–water partition coefficient (Wildman–Crippen LogP) is 4.11. The maximum Gasteiger partial charge on any atom is 0.158 e. The van der Waals surface area contributed by atoms with Crippen molar-refractivity contribution in [1.82, 2.24) is 0 Å². The van der Waals surface area contributed by atoms with Gasteiger partial charge in [0.1, 0.15) is 11.2 Å². The molecule has 4 unspecified atom stereocenters. The van der Waals surface area contributed by atoms with Crippen molar-refractivity contribution in [2.45, 2.75) is 31.1 Å². The average Bonchev–Trinajstić information content (AvgIpc) is 3.00. The minimum Gasteiger partial charge on any atom is -0.297 e. The van der Waals surface area contributed by atoms with E-state index >= 15 is 0 Å². The molecule has 2 aliphatic rings. The smallest absolute Gasteiger partial charge is 0.158 e. The van der Waals surface area contributed by atoms with Gasteiger partial charge in [0, 0.05) is 5.92 Å². The molecule has 2 fully saturated rings. The molecule has 0 aromatic heterocycles. The molecule has 3 rings (SSSR count). The largest absolute Gasteiger partial charge is 0.297 e. The number of ketones is 1. The zero-order valence-corrected chi connectivity index (χ0v) is 10.9. The first-order valence-electron chi connectivity index (χ1n) is 6.58. The SMILES string of the molecule is O=C(C(Cl)c1ccc(F)cc1)C1CC2CCC1C2. The highest BCUT2D eigenvalue weighted by atomic mass is 35.5. The van der Waals surface area contributed by atoms with E-state index in [4.69, 9.17) is 11.6 Å². The molecule has 2 bridgehead atoms. The van der Waals surface area contributed by atoms with Crippen LogP contribution < -0.4 is 0 Å². The fourth-order valence-electron chi connectivity index (χ4n) is 3.58. The van der Waals surface area contributed by atoms with Gasteiger partial charge in [0.05, 0.1) is 0 Å². The number of hydrogen-bond donors (Lipinski definition) is 0. The number of alkyl halides is 1. The van der Waals surface area contributed by atoms with Crippen molar-refractivity contribution >= 4 is 17.4 Å². The number of hydrogen-bond acceptors (Lipinski definition) is 1. The van der Waals surface area contributed by atoms with Crippen molar-refractivity contribution in [2.75, 3.05) is 0 Å². The van der Waals surface area contributed by atoms with Gasteiger partial charge < -0.3 is 0 Å². The highest BCUT2D eigenvalue weighted by molar-refractivity contribution is 6.31. The van der Waals surface area contributed by atoms with E-state index in [0.717, 1.165) is 12.3 Å². The molecule has 18 heavy (non-hydrogen) atoms. The van der Waals surface area contributed by atoms with Crippen molar-refractivity contribution in [1.29, 1.82) is 0 Å². The maximum absolute atomic E-state index is 12.8. The molecule has 1 aromatic carbocycles. The van der Waals surface area contributed by atoms with Gasteiger partial charge in [-0.25, -0.2) is 4.39 Å². The van der Waals surface area contributed by atoms with Gasteiger partial charge in [-0.05, 0) is 48.8 Å². The molecule has 0 spiro atoms. The van der Waals surface area contributed by atoms with Crippen LogP contribution in [0.1, 0.15) is 36.6 Å². The summed E-state index contributed by atoms with van der Waals surface area (Å²) in [4.78, 5) is 12.4. The Morgan fingerprint density at radius 3 is 2.50 bits per heavy atom. The molecule has 96 valence electrons. The highest BCUT2D eigenvalue weighted by Crippen LogP contribution is 2.50. The Hall–Kier alpha value is -0.890. The molecular weight excluding hydrogens is 251 g/mol. The Labute approximate surface area is 111 Å². The van der Waals surface area contributed by atoms with Gasteiger partial charge in [0.2, 0.25) is 0 Å². The molecule has 0 aliphatic heterocycles. The number of Topliss-reactive ketones (excluding diaryl/α,β-unsaturated/α-hetero) is 1. The van der Waals surface area contributed by atoms with Crippen molar-refractivity contribution < 1.29 is 9.18 Å². The average molecular weight is 267 g/mol. The molecule has 1 nitrogen and oxygen atoms in total. The first kappa shape index (κ1) is 12.2. The third-order valence-electron chi connectivity index (χ3n) is 4.52. The lowest BCUT2D eigenvalue weighted by Crippen LogP contribution is -2.24. The molecule has 4 atom stereocenters. The van der Waals surface area contributed by atoms with Crippen LogP contribution in [0.4, 0.5) is 4.39 Å². The van der Waals surface area contributed by atoms with E-state index in [9.17, 15) is 9.18 Å². The van der Waals surface area contributed by atoms with Crippen LogP contribution >= 0.6 is 11.6 Å². The molecule has 3 heteroatoms. The van der Waals surface area contributed by atoms with Crippen molar-refractivity contribution in [3.63, 3.8) is 0 Å². The Kier molecular flexibility index (Phi) is 3.14. The van der Waals surface area contributed by atoms with E-state index in [1.807, 2.05) is 0 Å². The van der Waals surface area contributed by atoms with E-state index in [-0.39, 0.29) is 17.5 Å². The minimum atomic E-state index is -0.616. The summed E-state index contributed by atoms with van der Waals surface area (Å²) in [6.07, 6.45) is 4.66. The fraction of sp³-hybridized carbons (Fsp3) is 0.533. The fourth-order valence-corrected chi connectivity index (χ4v) is 3.88. The lowest BCUT2D eigenvalue weighted by atomic mass is 9.83. The number of carbonyl (C=O) groups is 1. The van der Waals surface area contributed by atoms with E-state index in [2.05, 4.69) is 0 Å². The van der Waals surface area contributed by atoms with Crippen LogP contribution in [0.25, 0.3) is 0 Å². The molecule has 0 amide bonds. The predicted molar refractivity (Wildman–Crippen MR) is 68.9 cm³/mol. The molecular formula is C15H16ClFO. The second-order valence-corrected chi connectivity index (χ2v) is 6.03. The van der Waals surface area contributed by atoms with E-state index in [0.29, 0.717) is 11.5 Å². The molecule has 0 N–H and O–H groups in total. The lowest BCUT2D eigenvalue weighted by Gasteiger charge is -2.22. The van der Waals surface area contributed by atoms with Crippen LogP contribution in [-0.2, 0) is 4.79 Å². The van der Waals surface area contributed by atoms with E-state index in [1.165, 1.54) is 31.4 Å². The molecule has 0 heterocycles. The van der Waals surface area contributed by atoms with Gasteiger partial charge in [-0.2, -0.15) is 0 Å². The van der Waals surface area contributed by atoms with Crippen LogP contribution in [-0.4, -0.2) is 5.78 Å². The summed E-state index contributed by atoms with van der Waals surface area (Å²) in [5.74, 6) is 1.26. The normalized spacial score (nSPS) is 31.6.